The Morgan fingerprint density at radius 2 is 1.76 bits per heavy atom. The lowest BCUT2D eigenvalue weighted by atomic mass is 10.0. The Morgan fingerprint density at radius 1 is 1.03 bits per heavy atom. The predicted molar refractivity (Wildman–Crippen MR) is 130 cm³/mol. The zero-order valence-electron chi connectivity index (χ0n) is 18.8. The Hall–Kier alpha value is -3.72. The van der Waals surface area contributed by atoms with Crippen molar-refractivity contribution in [1.29, 1.82) is 0 Å². The minimum atomic E-state index is -0.716. The fraction of sp³-hybridized carbons (Fsp3) is 0.250. The first-order chi connectivity index (χ1) is 15.8. The van der Waals surface area contributed by atoms with Crippen molar-refractivity contribution >= 4 is 39.7 Å². The first-order valence-electron chi connectivity index (χ1n) is 10.6. The molecule has 0 spiro atoms. The van der Waals surface area contributed by atoms with Gasteiger partial charge in [-0.3, -0.25) is 14.9 Å². The lowest BCUT2D eigenvalue weighted by Crippen LogP contribution is -2.31. The van der Waals surface area contributed by atoms with Crippen molar-refractivity contribution in [3.05, 3.63) is 59.5 Å². The smallest absolute Gasteiger partial charge is 0.267 e. The van der Waals surface area contributed by atoms with E-state index in [4.69, 9.17) is 4.74 Å². The molecule has 0 aliphatic heterocycles. The van der Waals surface area contributed by atoms with E-state index < -0.39 is 6.10 Å². The van der Waals surface area contributed by atoms with E-state index in [0.717, 1.165) is 22.5 Å². The SMILES string of the molecule is CC(=O)Nc1ccc(-c2csc3nc(NC(=O)C(C)Oc4ccccc4C(C)C)nn23)cc1. The van der Waals surface area contributed by atoms with Crippen molar-refractivity contribution in [2.24, 2.45) is 0 Å². The number of carbonyl (C=O) groups excluding carboxylic acids is 2. The lowest BCUT2D eigenvalue weighted by molar-refractivity contribution is -0.122. The van der Waals surface area contributed by atoms with Gasteiger partial charge in [0.15, 0.2) is 6.10 Å². The van der Waals surface area contributed by atoms with E-state index >= 15 is 0 Å². The van der Waals surface area contributed by atoms with Crippen LogP contribution in [-0.4, -0.2) is 32.5 Å². The third-order valence-corrected chi connectivity index (χ3v) is 5.85. The van der Waals surface area contributed by atoms with Gasteiger partial charge in [-0.05, 0) is 36.6 Å². The number of thiazole rings is 1. The Labute approximate surface area is 195 Å². The number of carbonyl (C=O) groups is 2. The van der Waals surface area contributed by atoms with Crippen LogP contribution in [0.3, 0.4) is 0 Å². The lowest BCUT2D eigenvalue weighted by Gasteiger charge is -2.18. The van der Waals surface area contributed by atoms with Crippen LogP contribution < -0.4 is 15.4 Å². The molecule has 9 heteroatoms. The summed E-state index contributed by atoms with van der Waals surface area (Å²) >= 11 is 1.42. The summed E-state index contributed by atoms with van der Waals surface area (Å²) < 4.78 is 7.61. The van der Waals surface area contributed by atoms with Crippen LogP contribution in [-0.2, 0) is 9.59 Å². The summed E-state index contributed by atoms with van der Waals surface area (Å²) in [6.45, 7) is 7.34. The van der Waals surface area contributed by atoms with Crippen LogP contribution in [0.2, 0.25) is 0 Å². The van der Waals surface area contributed by atoms with Gasteiger partial charge >= 0.3 is 0 Å². The number of amides is 2. The second-order valence-corrected chi connectivity index (χ2v) is 8.79. The van der Waals surface area contributed by atoms with Gasteiger partial charge in [0.2, 0.25) is 10.9 Å². The van der Waals surface area contributed by atoms with Gasteiger partial charge in [0.05, 0.1) is 5.69 Å². The van der Waals surface area contributed by atoms with E-state index in [1.807, 2.05) is 53.9 Å². The van der Waals surface area contributed by atoms with Gasteiger partial charge in [-0.25, -0.2) is 4.52 Å². The highest BCUT2D eigenvalue weighted by Crippen LogP contribution is 2.28. The van der Waals surface area contributed by atoms with Crippen LogP contribution in [0, 0.1) is 0 Å². The van der Waals surface area contributed by atoms with Crippen LogP contribution >= 0.6 is 11.3 Å². The molecule has 170 valence electrons. The van der Waals surface area contributed by atoms with Gasteiger partial charge in [-0.1, -0.05) is 44.2 Å². The van der Waals surface area contributed by atoms with Gasteiger partial charge in [0.25, 0.3) is 11.9 Å². The van der Waals surface area contributed by atoms with E-state index in [1.165, 1.54) is 18.3 Å². The van der Waals surface area contributed by atoms with Crippen molar-refractivity contribution in [2.45, 2.75) is 39.7 Å². The summed E-state index contributed by atoms with van der Waals surface area (Å²) in [6.07, 6.45) is -0.716. The average Bonchev–Trinajstić information content (AvgIpc) is 3.34. The van der Waals surface area contributed by atoms with Gasteiger partial charge in [-0.15, -0.1) is 16.4 Å². The molecule has 2 aromatic carbocycles. The maximum Gasteiger partial charge on any atom is 0.267 e. The summed E-state index contributed by atoms with van der Waals surface area (Å²) in [4.78, 5) is 29.0. The molecule has 1 unspecified atom stereocenters. The summed E-state index contributed by atoms with van der Waals surface area (Å²) in [6, 6.07) is 15.2. The molecular weight excluding hydrogens is 438 g/mol. The Morgan fingerprint density at radius 3 is 2.45 bits per heavy atom. The minimum absolute atomic E-state index is 0.122. The molecule has 0 aliphatic rings. The van der Waals surface area contributed by atoms with Crippen LogP contribution in [0.5, 0.6) is 5.75 Å². The topological polar surface area (TPSA) is 97.6 Å². The Kier molecular flexibility index (Phi) is 6.41. The number of aromatic nitrogens is 3. The Bertz CT molecular complexity index is 1290. The molecule has 0 bridgehead atoms. The monoisotopic (exact) mass is 463 g/mol. The van der Waals surface area contributed by atoms with Gasteiger partial charge in [0, 0.05) is 23.6 Å². The maximum absolute atomic E-state index is 12.7. The number of ether oxygens (including phenoxy) is 1. The summed E-state index contributed by atoms with van der Waals surface area (Å²) in [5.74, 6) is 0.745. The number of nitrogens with zero attached hydrogens (tertiary/aromatic N) is 3. The highest BCUT2D eigenvalue weighted by atomic mass is 32.1. The standard InChI is InChI=1S/C24H25N5O3S/c1-14(2)19-7-5-6-8-21(19)32-15(3)22(31)26-23-27-24-29(28-23)20(13-33-24)17-9-11-18(12-10-17)25-16(4)30/h5-15H,1-4H3,(H,25,30)(H,26,28,31). The number of nitrogens with one attached hydrogen (secondary N) is 2. The first kappa shape index (κ1) is 22.5. The molecule has 2 amide bonds. The average molecular weight is 464 g/mol. The molecular formula is C24H25N5O3S. The van der Waals surface area contributed by atoms with E-state index in [0.29, 0.717) is 10.7 Å². The summed E-state index contributed by atoms with van der Waals surface area (Å²) in [5, 5.41) is 11.9. The third kappa shape index (κ3) is 5.04. The number of hydrogen-bond acceptors (Lipinski definition) is 6. The van der Waals surface area contributed by atoms with E-state index in [2.05, 4.69) is 34.6 Å². The van der Waals surface area contributed by atoms with E-state index in [1.54, 1.807) is 11.4 Å². The van der Waals surface area contributed by atoms with Crippen LogP contribution in [0.25, 0.3) is 16.2 Å². The van der Waals surface area contributed by atoms with Crippen molar-refractivity contribution in [1.82, 2.24) is 14.6 Å². The quantitative estimate of drug-likeness (QED) is 0.404. The fourth-order valence-corrected chi connectivity index (χ4v) is 4.21. The second kappa shape index (κ2) is 9.41. The normalized spacial score (nSPS) is 12.0. The molecule has 0 saturated heterocycles. The molecule has 0 fully saturated rings. The number of fused-ring (bicyclic) bond motifs is 1. The summed E-state index contributed by atoms with van der Waals surface area (Å²) in [7, 11) is 0. The van der Waals surface area contributed by atoms with Crippen LogP contribution in [0.4, 0.5) is 11.6 Å². The number of anilines is 2. The van der Waals surface area contributed by atoms with Gasteiger partial charge < -0.3 is 10.1 Å². The van der Waals surface area contributed by atoms with Crippen molar-refractivity contribution in [3.63, 3.8) is 0 Å². The molecule has 0 radical (unpaired) electrons. The van der Waals surface area contributed by atoms with Crippen molar-refractivity contribution < 1.29 is 14.3 Å². The molecule has 0 aliphatic carbocycles. The number of hydrogen-bond donors (Lipinski definition) is 2. The fourth-order valence-electron chi connectivity index (χ4n) is 3.38. The molecule has 2 aromatic heterocycles. The largest absolute Gasteiger partial charge is 0.481 e. The van der Waals surface area contributed by atoms with Crippen LogP contribution in [0.15, 0.2) is 53.9 Å². The number of para-hydroxylation sites is 1. The van der Waals surface area contributed by atoms with Crippen LogP contribution in [0.1, 0.15) is 39.2 Å². The second-order valence-electron chi connectivity index (χ2n) is 7.95. The van der Waals surface area contributed by atoms with E-state index in [9.17, 15) is 9.59 Å². The third-order valence-electron chi connectivity index (χ3n) is 5.03. The summed E-state index contributed by atoms with van der Waals surface area (Å²) in [5.41, 5.74) is 3.52. The molecule has 0 saturated carbocycles. The Balaban J connectivity index is 1.48. The van der Waals surface area contributed by atoms with Gasteiger partial charge in [-0.2, -0.15) is 4.98 Å². The zero-order chi connectivity index (χ0) is 23.5. The molecule has 2 heterocycles. The van der Waals surface area contributed by atoms with E-state index in [-0.39, 0.29) is 23.7 Å². The molecule has 33 heavy (non-hydrogen) atoms. The molecule has 2 N–H and O–H groups in total. The molecule has 8 nitrogen and oxygen atoms in total. The minimum Gasteiger partial charge on any atom is -0.481 e. The van der Waals surface area contributed by atoms with Gasteiger partial charge in [0.1, 0.15) is 5.75 Å². The predicted octanol–water partition coefficient (Wildman–Crippen LogP) is 4.95. The van der Waals surface area contributed by atoms with Crippen molar-refractivity contribution in [2.75, 3.05) is 10.6 Å². The molecule has 4 aromatic rings. The highest BCUT2D eigenvalue weighted by molar-refractivity contribution is 7.15. The highest BCUT2D eigenvalue weighted by Gasteiger charge is 2.20. The maximum atomic E-state index is 12.7. The number of benzene rings is 2. The number of rotatable bonds is 7. The zero-order valence-corrected chi connectivity index (χ0v) is 19.6. The first-order valence-corrected chi connectivity index (χ1v) is 11.5. The molecule has 1 atom stereocenters. The molecule has 4 rings (SSSR count). The van der Waals surface area contributed by atoms with Crippen molar-refractivity contribution in [3.8, 4) is 17.0 Å².